The first-order valence-corrected chi connectivity index (χ1v) is 37.1. The lowest BCUT2D eigenvalue weighted by molar-refractivity contribution is 0.0685. The lowest BCUT2D eigenvalue weighted by Crippen LogP contribution is -2.16. The van der Waals surface area contributed by atoms with E-state index in [-0.39, 0.29) is 87.6 Å². The van der Waals surface area contributed by atoms with Gasteiger partial charge in [-0.1, -0.05) is 126 Å². The largest absolute Gasteiger partial charge is 0.478 e. The minimum Gasteiger partial charge on any atom is -0.478 e. The first-order valence-electron chi connectivity index (χ1n) is 30.9. The predicted octanol–water partition coefficient (Wildman–Crippen LogP) is 12.1. The number of unbranched alkanes of at least 4 members (excludes halogenated alkanes) is 4. The maximum Gasteiger partial charge on any atom is 0.335 e. The zero-order chi connectivity index (χ0) is 73.8. The summed E-state index contributed by atoms with van der Waals surface area (Å²) in [5.41, 5.74) is 0.295. The molecule has 0 bridgehead atoms. The number of nitrogens with two attached hydrogens (primary N) is 4. The van der Waals surface area contributed by atoms with E-state index < -0.39 is 64.0 Å². The number of sulfonamides is 4. The second-order valence-electron chi connectivity index (χ2n) is 21.6. The normalized spacial score (nSPS) is 11.1. The summed E-state index contributed by atoms with van der Waals surface area (Å²) in [6, 6.07) is 43.7. The van der Waals surface area contributed by atoms with Gasteiger partial charge in [-0.05, 0) is 123 Å². The van der Waals surface area contributed by atoms with Crippen LogP contribution in [0.3, 0.4) is 0 Å². The van der Waals surface area contributed by atoms with Gasteiger partial charge in [-0.3, -0.25) is 0 Å². The number of hydrogen-bond acceptors (Lipinski definition) is 20. The molecule has 16 N–H and O–H groups in total. The van der Waals surface area contributed by atoms with Crippen LogP contribution in [0.25, 0.3) is 0 Å². The summed E-state index contributed by atoms with van der Waals surface area (Å²) in [7, 11) is -16.8. The summed E-state index contributed by atoms with van der Waals surface area (Å²) < 4.78 is 119. The number of nitrogens with one attached hydrogen (secondary N) is 4. The van der Waals surface area contributed by atoms with Gasteiger partial charge < -0.3 is 60.6 Å². The summed E-state index contributed by atoms with van der Waals surface area (Å²) in [6.45, 7) is 10.2. The van der Waals surface area contributed by atoms with Crippen LogP contribution in [-0.4, -0.2) is 104 Å². The smallest absolute Gasteiger partial charge is 0.335 e. The Kier molecular flexibility index (Phi) is 30.7. The monoisotopic (exact) mass is 1460 g/mol. The van der Waals surface area contributed by atoms with Gasteiger partial charge in [0.15, 0.2) is 23.0 Å². The quantitative estimate of drug-likeness (QED) is 0.0174. The van der Waals surface area contributed by atoms with Crippen LogP contribution < -0.4 is 60.8 Å². The fourth-order valence-electron chi connectivity index (χ4n) is 8.72. The topological polar surface area (TPSA) is 475 Å². The molecule has 28 nitrogen and oxygen atoms in total. The molecule has 0 radical (unpaired) electrons. The lowest BCUT2D eigenvalue weighted by Gasteiger charge is -2.17. The van der Waals surface area contributed by atoms with Crippen LogP contribution in [0, 0.1) is 0 Å². The van der Waals surface area contributed by atoms with Crippen molar-refractivity contribution in [2.24, 2.45) is 20.6 Å². The van der Waals surface area contributed by atoms with Gasteiger partial charge in [-0.25, -0.2) is 73.4 Å². The fourth-order valence-corrected chi connectivity index (χ4v) is 11.5. The number of primary sulfonamides is 4. The highest BCUT2D eigenvalue weighted by Gasteiger charge is 2.28. The molecule has 0 unspecified atom stereocenters. The third kappa shape index (κ3) is 25.2. The molecule has 536 valence electrons. The van der Waals surface area contributed by atoms with Crippen LogP contribution in [-0.2, 0) is 40.1 Å². The van der Waals surface area contributed by atoms with Crippen molar-refractivity contribution < 1.29 is 92.2 Å². The van der Waals surface area contributed by atoms with Crippen molar-refractivity contribution in [3.05, 3.63) is 192 Å². The Bertz CT molecular complexity index is 3980. The van der Waals surface area contributed by atoms with Crippen LogP contribution in [0.15, 0.2) is 189 Å². The summed E-state index contributed by atoms with van der Waals surface area (Å²) in [4.78, 5) is 43.8. The number of anilines is 4. The second kappa shape index (κ2) is 38.1. The second-order valence-corrected chi connectivity index (χ2v) is 27.7. The standard InChI is InChI=1S/4C17H20N2O5S/c4*1-2-3-9-19-14-10-12(17(20)21)11-15(25(18,22)23)16(14)24-13-7-5-4-6-8-13/h4*4-8,10-11,19H,2-3,9H2,1H3,(H,20,21)(H2,18,22,23). The van der Waals surface area contributed by atoms with Crippen molar-refractivity contribution in [3.8, 4) is 46.0 Å². The predicted molar refractivity (Wildman–Crippen MR) is 379 cm³/mol. The van der Waals surface area contributed by atoms with Crippen molar-refractivity contribution in [1.82, 2.24) is 0 Å². The fraction of sp³-hybridized carbons (Fsp3) is 0.235. The Hall–Kier alpha value is -10.3. The SMILES string of the molecule is CCCCNc1cc(C(=O)O)cc(S(N)(=O)=O)c1Oc1ccccc1.CCCCNc1cc(C(=O)O)cc(S(N)(=O)=O)c1Oc1ccccc1.CCCCNc1cc(C(=O)O)cc(S(N)(=O)=O)c1Oc1ccccc1.CCCCNc1cc(C(=O)O)cc(S(N)(=O)=O)c1Oc1ccccc1. The molecule has 0 heterocycles. The van der Waals surface area contributed by atoms with Crippen molar-refractivity contribution in [2.75, 3.05) is 47.4 Å². The molecule has 8 aromatic carbocycles. The number of rotatable bonds is 32. The molecular weight excluding hydrogens is 1380 g/mol. The third-order valence-corrected chi connectivity index (χ3v) is 17.3. The number of ether oxygens (including phenoxy) is 4. The van der Waals surface area contributed by atoms with Gasteiger partial charge in [-0.15, -0.1) is 0 Å². The summed E-state index contributed by atoms with van der Waals surface area (Å²) in [5.74, 6) is -3.45. The minimum atomic E-state index is -4.19. The molecule has 0 aliphatic heterocycles. The molecule has 0 aliphatic rings. The number of aromatic carboxylic acids is 4. The van der Waals surface area contributed by atoms with Crippen LogP contribution >= 0.6 is 0 Å². The number of carbonyl (C=O) groups is 4. The van der Waals surface area contributed by atoms with Crippen molar-refractivity contribution in [1.29, 1.82) is 0 Å². The van der Waals surface area contributed by atoms with Gasteiger partial charge in [0.05, 0.1) is 45.0 Å². The van der Waals surface area contributed by atoms with E-state index in [0.29, 0.717) is 49.2 Å². The molecule has 8 rings (SSSR count). The van der Waals surface area contributed by atoms with Gasteiger partial charge in [0.25, 0.3) is 0 Å². The first kappa shape index (κ1) is 80.4. The third-order valence-electron chi connectivity index (χ3n) is 13.7. The highest BCUT2D eigenvalue weighted by Crippen LogP contribution is 2.41. The Morgan fingerprint density at radius 2 is 0.480 bits per heavy atom. The minimum absolute atomic E-state index is 0.0187. The van der Waals surface area contributed by atoms with Crippen molar-refractivity contribution >= 4 is 86.7 Å². The van der Waals surface area contributed by atoms with E-state index in [4.69, 9.17) is 39.5 Å². The molecule has 0 fully saturated rings. The molecule has 0 aromatic heterocycles. The average molecular weight is 1460 g/mol. The Labute approximate surface area is 580 Å². The van der Waals surface area contributed by atoms with Crippen LogP contribution in [0.2, 0.25) is 0 Å². The van der Waals surface area contributed by atoms with Crippen LogP contribution in [0.4, 0.5) is 22.7 Å². The van der Waals surface area contributed by atoms with Crippen molar-refractivity contribution in [3.63, 3.8) is 0 Å². The Balaban J connectivity index is 0.000000240. The van der Waals surface area contributed by atoms with Crippen LogP contribution in [0.5, 0.6) is 46.0 Å². The van der Waals surface area contributed by atoms with E-state index >= 15 is 0 Å². The molecule has 0 amide bonds. The van der Waals surface area contributed by atoms with E-state index in [2.05, 4.69) is 21.3 Å². The molecular formula is C68H80N8O20S4. The first-order chi connectivity index (χ1) is 47.3. The molecule has 8 aromatic rings. The number of benzene rings is 8. The summed E-state index contributed by atoms with van der Waals surface area (Å²) in [5, 5.41) is 70.2. The summed E-state index contributed by atoms with van der Waals surface area (Å²) >= 11 is 0. The number of hydrogen-bond donors (Lipinski definition) is 12. The van der Waals surface area contributed by atoms with Gasteiger partial charge in [0, 0.05) is 26.2 Å². The molecule has 0 aliphatic carbocycles. The zero-order valence-electron chi connectivity index (χ0n) is 54.9. The highest BCUT2D eigenvalue weighted by molar-refractivity contribution is 7.90. The summed E-state index contributed by atoms with van der Waals surface area (Å²) in [6.07, 6.45) is 6.98. The van der Waals surface area contributed by atoms with Crippen LogP contribution in [0.1, 0.15) is 120 Å². The maximum absolute atomic E-state index is 12.0. The zero-order valence-corrected chi connectivity index (χ0v) is 58.2. The number of carboxylic acids is 4. The molecule has 100 heavy (non-hydrogen) atoms. The molecule has 0 spiro atoms. The van der Waals surface area contributed by atoms with E-state index in [1.165, 1.54) is 24.3 Å². The van der Waals surface area contributed by atoms with E-state index in [1.54, 1.807) is 121 Å². The van der Waals surface area contributed by atoms with Gasteiger partial charge in [-0.2, -0.15) is 0 Å². The molecule has 0 saturated heterocycles. The molecule has 0 saturated carbocycles. The molecule has 0 atom stereocenters. The Morgan fingerprint density at radius 3 is 0.620 bits per heavy atom. The van der Waals surface area contributed by atoms with Gasteiger partial charge >= 0.3 is 23.9 Å². The van der Waals surface area contributed by atoms with E-state index in [0.717, 1.165) is 75.6 Å². The van der Waals surface area contributed by atoms with Gasteiger partial charge in [0.2, 0.25) is 40.1 Å². The van der Waals surface area contributed by atoms with Gasteiger partial charge in [0.1, 0.15) is 42.6 Å². The Morgan fingerprint density at radius 1 is 0.310 bits per heavy atom. The van der Waals surface area contributed by atoms with E-state index in [1.807, 2.05) is 27.7 Å². The molecule has 32 heteroatoms. The highest BCUT2D eigenvalue weighted by atomic mass is 32.2. The van der Waals surface area contributed by atoms with E-state index in [9.17, 15) is 73.3 Å². The average Bonchev–Trinajstić information content (AvgIpc) is 0.811. The number of carboxylic acid groups (broad SMARTS) is 4. The lowest BCUT2D eigenvalue weighted by atomic mass is 10.1. The maximum atomic E-state index is 12.0. The number of para-hydroxylation sites is 4. The van der Waals surface area contributed by atoms with Crippen molar-refractivity contribution in [2.45, 2.75) is 98.6 Å².